The molecule has 0 aliphatic carbocycles. The van der Waals surface area contributed by atoms with E-state index in [1.54, 1.807) is 18.2 Å². The van der Waals surface area contributed by atoms with Crippen LogP contribution in [0.15, 0.2) is 88.6 Å². The van der Waals surface area contributed by atoms with Gasteiger partial charge in [0, 0.05) is 11.3 Å². The molecule has 1 heterocycles. The Morgan fingerprint density at radius 1 is 1.10 bits per heavy atom. The first-order chi connectivity index (χ1) is 19.4. The molecule has 1 aromatic heterocycles. The Balaban J connectivity index is 1.56. The number of aromatic nitrogens is 2. The monoisotopic (exact) mass is 642 g/mol. The molecule has 214 valence electrons. The number of hydrogen-bond donors (Lipinski definition) is 1. The fourth-order valence-corrected chi connectivity index (χ4v) is 7.16. The van der Waals surface area contributed by atoms with Gasteiger partial charge in [0.25, 0.3) is 15.9 Å². The van der Waals surface area contributed by atoms with Gasteiger partial charge in [-0.05, 0) is 48.0 Å². The molecule has 7 nitrogen and oxygen atoms in total. The number of thioether (sulfide) groups is 1. The molecule has 0 aliphatic rings. The van der Waals surface area contributed by atoms with Gasteiger partial charge < -0.3 is 0 Å². The molecule has 0 aliphatic heterocycles. The van der Waals surface area contributed by atoms with Crippen LogP contribution in [0.1, 0.15) is 21.5 Å². The van der Waals surface area contributed by atoms with Gasteiger partial charge in [0.2, 0.25) is 5.13 Å². The zero-order valence-corrected chi connectivity index (χ0v) is 23.9. The van der Waals surface area contributed by atoms with Gasteiger partial charge in [-0.15, -0.1) is 16.8 Å². The molecule has 15 heteroatoms. The van der Waals surface area contributed by atoms with Crippen LogP contribution in [0.3, 0.4) is 0 Å². The number of amides is 1. The third-order valence-corrected chi connectivity index (χ3v) is 9.75. The third kappa shape index (κ3) is 7.25. The summed E-state index contributed by atoms with van der Waals surface area (Å²) in [6.07, 6.45) is -3.49. The van der Waals surface area contributed by atoms with E-state index >= 15 is 0 Å². The zero-order valence-electron chi connectivity index (χ0n) is 20.7. The summed E-state index contributed by atoms with van der Waals surface area (Å²) in [6.45, 7) is 3.13. The number of hydrogen-bond acceptors (Lipinski definition) is 7. The highest BCUT2D eigenvalue weighted by Crippen LogP contribution is 2.35. The number of halogens is 5. The first-order valence-corrected chi connectivity index (χ1v) is 15.1. The lowest BCUT2D eigenvalue weighted by Gasteiger charge is -2.24. The minimum absolute atomic E-state index is 0.105. The largest absolute Gasteiger partial charge is 0.416 e. The number of nitrogens with zero attached hydrogens (tertiary/aromatic N) is 3. The Morgan fingerprint density at radius 3 is 2.56 bits per heavy atom. The van der Waals surface area contributed by atoms with Crippen molar-refractivity contribution < 1.29 is 30.8 Å². The molecule has 0 unspecified atom stereocenters. The predicted molar refractivity (Wildman–Crippen MR) is 151 cm³/mol. The summed E-state index contributed by atoms with van der Waals surface area (Å²) >= 11 is 8.44. The van der Waals surface area contributed by atoms with Crippen molar-refractivity contribution in [2.45, 2.75) is 21.2 Å². The molecule has 0 saturated carbocycles. The molecule has 0 atom stereocenters. The second-order valence-electron chi connectivity index (χ2n) is 8.23. The Morgan fingerprint density at radius 2 is 1.85 bits per heavy atom. The van der Waals surface area contributed by atoms with E-state index < -0.39 is 32.6 Å². The van der Waals surface area contributed by atoms with Gasteiger partial charge in [0.05, 0.1) is 22.8 Å². The number of carbonyl (C=O) groups excluding carboxylic acids is 1. The van der Waals surface area contributed by atoms with Crippen molar-refractivity contribution in [2.75, 3.05) is 16.2 Å². The highest BCUT2D eigenvalue weighted by atomic mass is 35.5. The van der Waals surface area contributed by atoms with Gasteiger partial charge in [-0.1, -0.05) is 65.0 Å². The van der Waals surface area contributed by atoms with Crippen LogP contribution in [0.5, 0.6) is 0 Å². The molecule has 0 bridgehead atoms. The fourth-order valence-electron chi connectivity index (χ4n) is 3.50. The lowest BCUT2D eigenvalue weighted by atomic mass is 10.2. The van der Waals surface area contributed by atoms with Crippen molar-refractivity contribution in [1.29, 1.82) is 0 Å². The third-order valence-electron chi connectivity index (χ3n) is 5.45. The Kier molecular flexibility index (Phi) is 9.37. The topological polar surface area (TPSA) is 92.3 Å². The lowest BCUT2D eigenvalue weighted by Crippen LogP contribution is -2.32. The van der Waals surface area contributed by atoms with Crippen molar-refractivity contribution in [3.05, 3.63) is 107 Å². The molecule has 1 amide bonds. The number of anilines is 2. The van der Waals surface area contributed by atoms with Gasteiger partial charge in [0.15, 0.2) is 4.34 Å². The SMILES string of the molecule is C=CCN(c1cccc(C(F)(F)F)c1)S(=O)(=O)c1cc(C(=O)Nc2nnc(SCc3ccccc3F)s2)ccc1Cl. The van der Waals surface area contributed by atoms with E-state index in [9.17, 15) is 30.8 Å². The molecule has 0 saturated heterocycles. The Hall–Kier alpha value is -3.46. The number of benzene rings is 3. The second-order valence-corrected chi connectivity index (χ2v) is 12.7. The average Bonchev–Trinajstić information content (AvgIpc) is 3.38. The van der Waals surface area contributed by atoms with E-state index in [0.717, 1.165) is 29.5 Å². The summed E-state index contributed by atoms with van der Waals surface area (Å²) in [5, 5.41) is 10.2. The van der Waals surface area contributed by atoms with Crippen LogP contribution in [-0.2, 0) is 22.0 Å². The van der Waals surface area contributed by atoms with Crippen LogP contribution in [0, 0.1) is 5.82 Å². The highest BCUT2D eigenvalue weighted by molar-refractivity contribution is 8.00. The quantitative estimate of drug-likeness (QED) is 0.0846. The van der Waals surface area contributed by atoms with E-state index in [1.165, 1.54) is 42.1 Å². The van der Waals surface area contributed by atoms with Gasteiger partial charge in [0.1, 0.15) is 10.7 Å². The normalized spacial score (nSPS) is 11.7. The fraction of sp³-hybridized carbons (Fsp3) is 0.115. The van der Waals surface area contributed by atoms with Crippen molar-refractivity contribution in [3.63, 3.8) is 0 Å². The van der Waals surface area contributed by atoms with Crippen molar-refractivity contribution in [3.8, 4) is 0 Å². The number of alkyl halides is 3. The maximum Gasteiger partial charge on any atom is 0.416 e. The van der Waals surface area contributed by atoms with E-state index in [-0.39, 0.29) is 33.8 Å². The van der Waals surface area contributed by atoms with Crippen LogP contribution < -0.4 is 9.62 Å². The summed E-state index contributed by atoms with van der Waals surface area (Å²) in [4.78, 5) is 12.4. The first-order valence-electron chi connectivity index (χ1n) is 11.5. The molecular weight excluding hydrogens is 624 g/mol. The average molecular weight is 643 g/mol. The Bertz CT molecular complexity index is 1700. The molecule has 41 heavy (non-hydrogen) atoms. The molecule has 0 radical (unpaired) electrons. The van der Waals surface area contributed by atoms with Crippen LogP contribution in [-0.4, -0.2) is 31.1 Å². The molecule has 0 fully saturated rings. The summed E-state index contributed by atoms with van der Waals surface area (Å²) in [6, 6.07) is 13.6. The van der Waals surface area contributed by atoms with Gasteiger partial charge in [-0.2, -0.15) is 13.2 Å². The number of rotatable bonds is 10. The van der Waals surface area contributed by atoms with Gasteiger partial charge in [-0.25, -0.2) is 12.8 Å². The van der Waals surface area contributed by atoms with E-state index in [4.69, 9.17) is 11.6 Å². The standard InChI is InChI=1S/C26H19ClF4N4O3S3/c1-2-12-35(19-8-5-7-18(14-19)26(29,30)31)41(37,38)22-13-16(10-11-20(22)27)23(36)32-24-33-34-25(40-24)39-15-17-6-3-4-9-21(17)28/h2-11,13-14H,1,12,15H2,(H,32,33,36). The summed E-state index contributed by atoms with van der Waals surface area (Å²) in [5.74, 6) is -0.790. The zero-order chi connectivity index (χ0) is 29.8. The molecule has 4 rings (SSSR count). The summed E-state index contributed by atoms with van der Waals surface area (Å²) < 4.78 is 82.0. The number of sulfonamides is 1. The van der Waals surface area contributed by atoms with Gasteiger partial charge >= 0.3 is 6.18 Å². The number of nitrogens with one attached hydrogen (secondary N) is 1. The minimum atomic E-state index is -4.70. The Labute approximate surface area is 245 Å². The molecule has 4 aromatic rings. The number of carbonyl (C=O) groups is 1. The molecule has 3 aromatic carbocycles. The van der Waals surface area contributed by atoms with Crippen LogP contribution >= 0.6 is 34.7 Å². The first kappa shape index (κ1) is 30.5. The van der Waals surface area contributed by atoms with Crippen LogP contribution in [0.25, 0.3) is 0 Å². The van der Waals surface area contributed by atoms with Crippen molar-refractivity contribution in [2.24, 2.45) is 0 Å². The van der Waals surface area contributed by atoms with E-state index in [2.05, 4.69) is 22.1 Å². The van der Waals surface area contributed by atoms with E-state index in [0.29, 0.717) is 26.0 Å². The summed E-state index contributed by atoms with van der Waals surface area (Å²) in [5.41, 5.74) is -0.933. The minimum Gasteiger partial charge on any atom is -0.296 e. The maximum atomic E-state index is 13.8. The lowest BCUT2D eigenvalue weighted by molar-refractivity contribution is -0.137. The van der Waals surface area contributed by atoms with Crippen LogP contribution in [0.2, 0.25) is 5.02 Å². The highest BCUT2D eigenvalue weighted by Gasteiger charge is 2.33. The second kappa shape index (κ2) is 12.6. The van der Waals surface area contributed by atoms with Crippen molar-refractivity contribution >= 4 is 61.4 Å². The maximum absolute atomic E-state index is 13.8. The molecular formula is C26H19ClF4N4O3S3. The predicted octanol–water partition coefficient (Wildman–Crippen LogP) is 7.28. The van der Waals surface area contributed by atoms with Gasteiger partial charge in [-0.3, -0.25) is 14.4 Å². The molecule has 1 N–H and O–H groups in total. The van der Waals surface area contributed by atoms with Crippen LogP contribution in [0.4, 0.5) is 28.4 Å². The summed E-state index contributed by atoms with van der Waals surface area (Å²) in [7, 11) is -4.55. The molecule has 0 spiro atoms. The van der Waals surface area contributed by atoms with E-state index in [1.807, 2.05) is 0 Å². The van der Waals surface area contributed by atoms with Crippen molar-refractivity contribution in [1.82, 2.24) is 10.2 Å². The smallest absolute Gasteiger partial charge is 0.296 e.